The topological polar surface area (TPSA) is 86.3 Å². The molecule has 0 saturated heterocycles. The van der Waals surface area contributed by atoms with Crippen molar-refractivity contribution in [3.05, 3.63) is 92.0 Å². The Bertz CT molecular complexity index is 628. The molecule has 0 spiro atoms. The van der Waals surface area contributed by atoms with Crippen LogP contribution in [0.25, 0.3) is 0 Å². The van der Waals surface area contributed by atoms with Gasteiger partial charge in [-0.3, -0.25) is 20.2 Å². The number of para-hydroxylation sites is 1. The summed E-state index contributed by atoms with van der Waals surface area (Å²) < 4.78 is 0. The summed E-state index contributed by atoms with van der Waals surface area (Å²) in [7, 11) is 0. The average molecular weight is 271 g/mol. The minimum atomic E-state index is -0.607. The Labute approximate surface area is 115 Å². The predicted octanol–water partition coefficient (Wildman–Crippen LogP) is 2.99. The second-order valence-electron chi connectivity index (χ2n) is 4.14. The zero-order chi connectivity index (χ0) is 14.5. The van der Waals surface area contributed by atoms with Crippen molar-refractivity contribution < 1.29 is 9.85 Å². The van der Waals surface area contributed by atoms with Crippen molar-refractivity contribution in [1.82, 2.24) is 0 Å². The molecule has 2 rings (SSSR count). The lowest BCUT2D eigenvalue weighted by Gasteiger charge is -2.08. The summed E-state index contributed by atoms with van der Waals surface area (Å²) in [6, 6.07) is 14.4. The van der Waals surface area contributed by atoms with Crippen LogP contribution in [-0.2, 0) is 6.42 Å². The van der Waals surface area contributed by atoms with E-state index in [9.17, 15) is 20.2 Å². The molecule has 0 N–H and O–H groups in total. The molecule has 6 heteroatoms. The van der Waals surface area contributed by atoms with Crippen LogP contribution < -0.4 is 0 Å². The molecule has 6 nitrogen and oxygen atoms in total. The van der Waals surface area contributed by atoms with Gasteiger partial charge >= 0.3 is 6.04 Å². The lowest BCUT2D eigenvalue weighted by atomic mass is 9.98. The van der Waals surface area contributed by atoms with E-state index < -0.39 is 9.85 Å². The van der Waals surface area contributed by atoms with Gasteiger partial charge in [-0.25, -0.2) is 0 Å². The molecule has 101 valence electrons. The zero-order valence-electron chi connectivity index (χ0n) is 10.4. The van der Waals surface area contributed by atoms with Gasteiger partial charge in [0.15, 0.2) is 0 Å². The minimum absolute atomic E-state index is 0.0404. The molecule has 0 fully saturated rings. The van der Waals surface area contributed by atoms with E-state index in [2.05, 4.69) is 0 Å². The lowest BCUT2D eigenvalue weighted by molar-refractivity contribution is -0.461. The van der Waals surface area contributed by atoms with Gasteiger partial charge in [-0.05, 0) is 11.6 Å². The van der Waals surface area contributed by atoms with Gasteiger partial charge < -0.3 is 0 Å². The van der Waals surface area contributed by atoms with Crippen molar-refractivity contribution >= 4 is 5.69 Å². The predicted molar refractivity (Wildman–Crippen MR) is 72.6 cm³/mol. The van der Waals surface area contributed by atoms with Crippen LogP contribution in [0.4, 0.5) is 5.69 Å². The first-order chi connectivity index (χ1) is 9.59. The maximum atomic E-state index is 11.2. The summed E-state index contributed by atoms with van der Waals surface area (Å²) >= 11 is 0. The fourth-order valence-electron chi connectivity index (χ4n) is 1.92. The highest BCUT2D eigenvalue weighted by atomic mass is 16.6. The molecular formula is C14H11N2O4. The van der Waals surface area contributed by atoms with Gasteiger partial charge in [0.25, 0.3) is 5.69 Å². The summed E-state index contributed by atoms with van der Waals surface area (Å²) in [6.45, 7) is 0. The number of nitro groups is 2. The molecule has 0 aliphatic heterocycles. The summed E-state index contributed by atoms with van der Waals surface area (Å²) in [5.41, 5.74) is 0.527. The fourth-order valence-corrected chi connectivity index (χ4v) is 1.92. The van der Waals surface area contributed by atoms with Crippen LogP contribution in [0.15, 0.2) is 54.6 Å². The quantitative estimate of drug-likeness (QED) is 0.617. The van der Waals surface area contributed by atoms with E-state index in [1.807, 2.05) is 0 Å². The first-order valence-corrected chi connectivity index (χ1v) is 5.87. The fraction of sp³-hybridized carbons (Fsp3) is 0.0714. The normalized spacial score (nSPS) is 10.4. The summed E-state index contributed by atoms with van der Waals surface area (Å²) in [6.07, 6.45) is 0.0404. The Balaban J connectivity index is 2.39. The molecule has 0 bridgehead atoms. The van der Waals surface area contributed by atoms with Gasteiger partial charge in [0.2, 0.25) is 0 Å². The first-order valence-electron chi connectivity index (χ1n) is 5.87. The van der Waals surface area contributed by atoms with Gasteiger partial charge in [-0.2, -0.15) is 0 Å². The van der Waals surface area contributed by atoms with E-state index in [1.54, 1.807) is 36.4 Å². The Morgan fingerprint density at radius 1 is 0.900 bits per heavy atom. The SMILES string of the molecule is O=[N+]([O-])[C](Cc1ccccc1)c1ccccc1[N+](=O)[O-]. The molecule has 0 atom stereocenters. The average Bonchev–Trinajstić information content (AvgIpc) is 2.45. The van der Waals surface area contributed by atoms with Gasteiger partial charge in [-0.15, -0.1) is 0 Å². The minimum Gasteiger partial charge on any atom is -0.263 e. The second kappa shape index (κ2) is 5.92. The van der Waals surface area contributed by atoms with Gasteiger partial charge in [0.1, 0.15) is 5.56 Å². The number of benzene rings is 2. The molecule has 1 radical (unpaired) electrons. The van der Waals surface area contributed by atoms with E-state index in [-0.39, 0.29) is 23.7 Å². The van der Waals surface area contributed by atoms with Crippen molar-refractivity contribution in [2.75, 3.05) is 0 Å². The second-order valence-corrected chi connectivity index (χ2v) is 4.14. The maximum Gasteiger partial charge on any atom is 0.330 e. The molecule has 2 aromatic carbocycles. The molecule has 0 aliphatic carbocycles. The number of rotatable bonds is 5. The Kier molecular flexibility index (Phi) is 4.05. The number of hydrogen-bond acceptors (Lipinski definition) is 4. The number of hydrogen-bond donors (Lipinski definition) is 0. The van der Waals surface area contributed by atoms with E-state index in [4.69, 9.17) is 0 Å². The first kappa shape index (κ1) is 13.7. The van der Waals surface area contributed by atoms with E-state index in [1.165, 1.54) is 18.2 Å². The third kappa shape index (κ3) is 2.97. The third-order valence-electron chi connectivity index (χ3n) is 2.85. The molecule has 0 amide bonds. The highest BCUT2D eigenvalue weighted by Crippen LogP contribution is 2.28. The molecule has 20 heavy (non-hydrogen) atoms. The molecule has 0 unspecified atom stereocenters. The molecular weight excluding hydrogens is 260 g/mol. The lowest BCUT2D eigenvalue weighted by Crippen LogP contribution is -2.16. The molecule has 0 heterocycles. The monoisotopic (exact) mass is 271 g/mol. The Hall–Kier alpha value is -2.76. The van der Waals surface area contributed by atoms with E-state index in [0.29, 0.717) is 0 Å². The smallest absolute Gasteiger partial charge is 0.263 e. The van der Waals surface area contributed by atoms with Crippen LogP contribution in [-0.4, -0.2) is 9.85 Å². The molecule has 0 aromatic heterocycles. The van der Waals surface area contributed by atoms with Crippen LogP contribution >= 0.6 is 0 Å². The van der Waals surface area contributed by atoms with Crippen LogP contribution in [0, 0.1) is 26.3 Å². The van der Waals surface area contributed by atoms with Crippen LogP contribution in [0.3, 0.4) is 0 Å². The highest BCUT2D eigenvalue weighted by molar-refractivity contribution is 5.47. The van der Waals surface area contributed by atoms with Crippen molar-refractivity contribution in [2.24, 2.45) is 0 Å². The number of nitro benzene ring substituents is 1. The number of nitrogens with zero attached hydrogens (tertiary/aromatic N) is 2. The van der Waals surface area contributed by atoms with E-state index >= 15 is 0 Å². The van der Waals surface area contributed by atoms with Crippen LogP contribution in [0.5, 0.6) is 0 Å². The summed E-state index contributed by atoms with van der Waals surface area (Å²) in [5.74, 6) is 0. The molecule has 0 saturated carbocycles. The standard InChI is InChI=1S/C14H11N2O4/c17-15(18)13-9-5-4-8-12(13)14(16(19)20)10-11-6-2-1-3-7-11/h1-9H,10H2. The largest absolute Gasteiger partial charge is 0.330 e. The maximum absolute atomic E-state index is 11.2. The third-order valence-corrected chi connectivity index (χ3v) is 2.85. The van der Waals surface area contributed by atoms with Crippen molar-refractivity contribution in [3.63, 3.8) is 0 Å². The summed E-state index contributed by atoms with van der Waals surface area (Å²) in [5, 5.41) is 22.2. The molecule has 2 aromatic rings. The molecule has 0 aliphatic rings. The Morgan fingerprint density at radius 2 is 1.50 bits per heavy atom. The van der Waals surface area contributed by atoms with E-state index in [0.717, 1.165) is 5.56 Å². The van der Waals surface area contributed by atoms with Gasteiger partial charge in [0, 0.05) is 11.0 Å². The van der Waals surface area contributed by atoms with Crippen LogP contribution in [0.1, 0.15) is 11.1 Å². The Morgan fingerprint density at radius 3 is 2.10 bits per heavy atom. The van der Waals surface area contributed by atoms with Crippen LogP contribution in [0.2, 0.25) is 0 Å². The van der Waals surface area contributed by atoms with Crippen molar-refractivity contribution in [1.29, 1.82) is 0 Å². The van der Waals surface area contributed by atoms with Crippen molar-refractivity contribution in [3.8, 4) is 0 Å². The highest BCUT2D eigenvalue weighted by Gasteiger charge is 2.33. The summed E-state index contributed by atoms with van der Waals surface area (Å²) in [4.78, 5) is 21.0. The van der Waals surface area contributed by atoms with Gasteiger partial charge in [-0.1, -0.05) is 42.5 Å². The van der Waals surface area contributed by atoms with Gasteiger partial charge in [0.05, 0.1) is 11.3 Å². The van der Waals surface area contributed by atoms with Crippen molar-refractivity contribution in [2.45, 2.75) is 6.42 Å². The zero-order valence-corrected chi connectivity index (χ0v) is 10.4.